The summed E-state index contributed by atoms with van der Waals surface area (Å²) >= 11 is 0. The molecule has 0 spiro atoms. The summed E-state index contributed by atoms with van der Waals surface area (Å²) in [6.07, 6.45) is -0.884. The number of carbonyl (C=O) groups excluding carboxylic acids is 3. The van der Waals surface area contributed by atoms with Crippen molar-refractivity contribution < 1.29 is 47.9 Å². The van der Waals surface area contributed by atoms with Gasteiger partial charge in [-0.25, -0.2) is 9.59 Å². The van der Waals surface area contributed by atoms with Crippen LogP contribution < -0.4 is 28.4 Å². The van der Waals surface area contributed by atoms with Crippen LogP contribution >= 0.6 is 0 Å². The van der Waals surface area contributed by atoms with Gasteiger partial charge in [0.2, 0.25) is 0 Å². The van der Waals surface area contributed by atoms with Crippen molar-refractivity contribution in [2.24, 2.45) is 0 Å². The topological polar surface area (TPSA) is 127 Å². The van der Waals surface area contributed by atoms with E-state index in [0.717, 1.165) is 0 Å². The number of Topliss-reactive ketones (excluding diaryl/α,β-unsaturated/α-hetero) is 1. The van der Waals surface area contributed by atoms with Gasteiger partial charge in [0.1, 0.15) is 40.4 Å². The molecule has 10 nitrogen and oxygen atoms in total. The molecule has 0 unspecified atom stereocenters. The van der Waals surface area contributed by atoms with Gasteiger partial charge >= 0.3 is 11.9 Å². The van der Waals surface area contributed by atoms with E-state index < -0.39 is 18.0 Å². The summed E-state index contributed by atoms with van der Waals surface area (Å²) in [6, 6.07) is 20.1. The van der Waals surface area contributed by atoms with Crippen LogP contribution in [0.3, 0.4) is 0 Å². The van der Waals surface area contributed by atoms with E-state index in [1.807, 2.05) is 0 Å². The first-order valence-electron chi connectivity index (χ1n) is 12.8. The molecule has 5 rings (SSSR count). The number of ketones is 1. The van der Waals surface area contributed by atoms with Gasteiger partial charge in [-0.05, 0) is 66.2 Å². The van der Waals surface area contributed by atoms with Crippen molar-refractivity contribution in [1.29, 1.82) is 0 Å². The first-order valence-corrected chi connectivity index (χ1v) is 12.8. The Morgan fingerprint density at radius 1 is 0.714 bits per heavy atom. The molecular weight excluding hydrogens is 544 g/mol. The van der Waals surface area contributed by atoms with Gasteiger partial charge in [-0.1, -0.05) is 6.07 Å². The summed E-state index contributed by atoms with van der Waals surface area (Å²) in [7, 11) is 4.48. The van der Waals surface area contributed by atoms with E-state index in [-0.39, 0.29) is 46.3 Å². The van der Waals surface area contributed by atoms with E-state index in [9.17, 15) is 19.5 Å². The number of rotatable bonds is 8. The molecule has 0 aliphatic carbocycles. The molecule has 0 saturated carbocycles. The number of phenols is 1. The van der Waals surface area contributed by atoms with Crippen LogP contribution in [0.1, 0.15) is 49.2 Å². The molecule has 0 bridgehead atoms. The molecule has 0 saturated heterocycles. The van der Waals surface area contributed by atoms with Crippen LogP contribution in [-0.2, 0) is 0 Å². The van der Waals surface area contributed by atoms with Crippen LogP contribution in [0.2, 0.25) is 0 Å². The van der Waals surface area contributed by atoms with Gasteiger partial charge in [0.15, 0.2) is 17.3 Å². The number of aromatic hydroxyl groups is 1. The number of phenolic OH excluding ortho intramolecular Hbond substituents is 1. The van der Waals surface area contributed by atoms with Crippen LogP contribution in [0.5, 0.6) is 40.2 Å². The predicted octanol–water partition coefficient (Wildman–Crippen LogP) is 5.56. The van der Waals surface area contributed by atoms with Gasteiger partial charge in [-0.3, -0.25) is 4.79 Å². The third kappa shape index (κ3) is 5.83. The molecule has 0 aromatic heterocycles. The molecule has 4 aromatic carbocycles. The fourth-order valence-electron chi connectivity index (χ4n) is 4.41. The van der Waals surface area contributed by atoms with Crippen LogP contribution in [0, 0.1) is 0 Å². The van der Waals surface area contributed by atoms with Crippen molar-refractivity contribution in [1.82, 2.24) is 0 Å². The van der Waals surface area contributed by atoms with E-state index in [0.29, 0.717) is 28.4 Å². The molecule has 1 N–H and O–H groups in total. The molecule has 1 aliphatic heterocycles. The first kappa shape index (κ1) is 28.0. The Labute approximate surface area is 240 Å². The molecule has 10 heteroatoms. The van der Waals surface area contributed by atoms with Gasteiger partial charge < -0.3 is 33.5 Å². The normalized spacial score (nSPS) is 13.8. The molecule has 1 heterocycles. The smallest absolute Gasteiger partial charge is 0.343 e. The standard InChI is InChI=1S/C32H26O10/c1-37-21-9-4-18(5-10-21)31(35)40-23-15-24(33)30-25(34)17-27(41-29(30)16-23)20-8-13-26(39-3)28(14-20)42-32(36)19-6-11-22(38-2)12-7-19/h4-16,27,33H,17H2,1-3H3/t27-/m0/s1. The summed E-state index contributed by atoms with van der Waals surface area (Å²) in [5, 5.41) is 10.6. The zero-order valence-corrected chi connectivity index (χ0v) is 22.9. The number of benzene rings is 4. The zero-order chi connectivity index (χ0) is 29.8. The SMILES string of the molecule is COc1ccc(C(=O)Oc2cc(O)c3c(c2)O[C@H](c2ccc(OC)c(OC(=O)c4ccc(OC)cc4)c2)CC3=O)cc1. The third-order valence-electron chi connectivity index (χ3n) is 6.60. The summed E-state index contributed by atoms with van der Waals surface area (Å²) in [4.78, 5) is 38.5. The van der Waals surface area contributed by atoms with Crippen molar-refractivity contribution in [3.63, 3.8) is 0 Å². The Hall–Kier alpha value is -5.51. The van der Waals surface area contributed by atoms with E-state index in [1.54, 1.807) is 54.6 Å². The fraction of sp³-hybridized carbons (Fsp3) is 0.156. The van der Waals surface area contributed by atoms with Crippen molar-refractivity contribution in [2.75, 3.05) is 21.3 Å². The van der Waals surface area contributed by atoms with Crippen molar-refractivity contribution >= 4 is 17.7 Å². The lowest BCUT2D eigenvalue weighted by Gasteiger charge is -2.27. The maximum absolute atomic E-state index is 13.0. The minimum absolute atomic E-state index is 0.00985. The van der Waals surface area contributed by atoms with E-state index in [4.69, 9.17) is 28.4 Å². The maximum Gasteiger partial charge on any atom is 0.343 e. The Morgan fingerprint density at radius 3 is 1.88 bits per heavy atom. The third-order valence-corrected chi connectivity index (χ3v) is 6.60. The summed E-state index contributed by atoms with van der Waals surface area (Å²) in [6.45, 7) is 0. The van der Waals surface area contributed by atoms with Crippen molar-refractivity contribution in [3.05, 3.63) is 101 Å². The maximum atomic E-state index is 13.0. The molecule has 4 aromatic rings. The predicted molar refractivity (Wildman–Crippen MR) is 149 cm³/mol. The highest BCUT2D eigenvalue weighted by molar-refractivity contribution is 6.03. The van der Waals surface area contributed by atoms with E-state index in [2.05, 4.69) is 0 Å². The number of hydrogen-bond donors (Lipinski definition) is 1. The zero-order valence-electron chi connectivity index (χ0n) is 22.9. The van der Waals surface area contributed by atoms with Gasteiger partial charge in [-0.15, -0.1) is 0 Å². The summed E-state index contributed by atoms with van der Waals surface area (Å²) in [5.74, 6) is -0.413. The summed E-state index contributed by atoms with van der Waals surface area (Å²) in [5.41, 5.74) is 1.06. The minimum atomic E-state index is -0.790. The highest BCUT2D eigenvalue weighted by atomic mass is 16.6. The van der Waals surface area contributed by atoms with E-state index >= 15 is 0 Å². The molecule has 0 amide bonds. The molecule has 42 heavy (non-hydrogen) atoms. The van der Waals surface area contributed by atoms with Crippen LogP contribution in [0.25, 0.3) is 0 Å². The molecule has 214 valence electrons. The monoisotopic (exact) mass is 570 g/mol. The second kappa shape index (κ2) is 11.9. The lowest BCUT2D eigenvalue weighted by Crippen LogP contribution is -2.21. The van der Waals surface area contributed by atoms with Gasteiger partial charge in [0.05, 0.1) is 38.9 Å². The number of methoxy groups -OCH3 is 3. The molecule has 1 atom stereocenters. The summed E-state index contributed by atoms with van der Waals surface area (Å²) < 4.78 is 32.7. The Balaban J connectivity index is 1.38. The van der Waals surface area contributed by atoms with E-state index in [1.165, 1.54) is 45.6 Å². The second-order valence-electron chi connectivity index (χ2n) is 9.20. The molecular formula is C32H26O10. The lowest BCUT2D eigenvalue weighted by atomic mass is 9.95. The Bertz CT molecular complexity index is 1640. The number of ether oxygens (including phenoxy) is 6. The Morgan fingerprint density at radius 2 is 1.31 bits per heavy atom. The average molecular weight is 571 g/mol. The number of hydrogen-bond acceptors (Lipinski definition) is 10. The van der Waals surface area contributed by atoms with Crippen LogP contribution in [0.15, 0.2) is 78.9 Å². The first-order chi connectivity index (χ1) is 20.3. The minimum Gasteiger partial charge on any atom is -0.507 e. The van der Waals surface area contributed by atoms with Crippen molar-refractivity contribution in [2.45, 2.75) is 12.5 Å². The van der Waals surface area contributed by atoms with Crippen molar-refractivity contribution in [3.8, 4) is 40.2 Å². The molecule has 1 aliphatic rings. The van der Waals surface area contributed by atoms with Gasteiger partial charge in [-0.2, -0.15) is 0 Å². The average Bonchev–Trinajstić information content (AvgIpc) is 3.00. The fourth-order valence-corrected chi connectivity index (χ4v) is 4.41. The quantitative estimate of drug-likeness (QED) is 0.212. The van der Waals surface area contributed by atoms with Crippen LogP contribution in [0.4, 0.5) is 0 Å². The van der Waals surface area contributed by atoms with Crippen LogP contribution in [-0.4, -0.2) is 44.2 Å². The number of fused-ring (bicyclic) bond motifs is 1. The number of carbonyl (C=O) groups is 3. The lowest BCUT2D eigenvalue weighted by molar-refractivity contribution is 0.0718. The largest absolute Gasteiger partial charge is 0.507 e. The van der Waals surface area contributed by atoms with Gasteiger partial charge in [0, 0.05) is 12.1 Å². The highest BCUT2D eigenvalue weighted by Crippen LogP contribution is 2.43. The number of esters is 2. The highest BCUT2D eigenvalue weighted by Gasteiger charge is 2.32. The molecule has 0 radical (unpaired) electrons. The van der Waals surface area contributed by atoms with Gasteiger partial charge in [0.25, 0.3) is 0 Å². The Kier molecular flexibility index (Phi) is 7.96. The molecule has 0 fully saturated rings. The second-order valence-corrected chi connectivity index (χ2v) is 9.20.